The van der Waals surface area contributed by atoms with Gasteiger partial charge in [0.2, 0.25) is 5.91 Å². The van der Waals surface area contributed by atoms with Crippen molar-refractivity contribution in [2.45, 2.75) is 40.2 Å². The molecule has 4 heteroatoms. The number of rotatable bonds is 5. The number of nitrogens with zero attached hydrogens (tertiary/aromatic N) is 1. The summed E-state index contributed by atoms with van der Waals surface area (Å²) in [6, 6.07) is -0.0580. The third kappa shape index (κ3) is 4.84. The zero-order valence-electron chi connectivity index (χ0n) is 9.28. The first kappa shape index (κ1) is 12.9. The molecule has 0 aliphatic carbocycles. The number of carbonyl (C=O) groups excluding carboxylic acids is 1. The van der Waals surface area contributed by atoms with Crippen LogP contribution in [-0.4, -0.2) is 34.5 Å². The Morgan fingerprint density at radius 3 is 2.00 bits per heavy atom. The Kier molecular flexibility index (Phi) is 5.20. The van der Waals surface area contributed by atoms with Gasteiger partial charge in [0.25, 0.3) is 0 Å². The third-order valence-corrected chi connectivity index (χ3v) is 1.83. The normalized spacial score (nSPS) is 10.7. The number of aliphatic carboxylic acids is 1. The van der Waals surface area contributed by atoms with Gasteiger partial charge in [-0.1, -0.05) is 13.8 Å². The molecule has 0 bridgehead atoms. The molecular formula is C10H19NO3. The van der Waals surface area contributed by atoms with E-state index in [1.807, 2.05) is 27.7 Å². The minimum Gasteiger partial charge on any atom is -0.480 e. The van der Waals surface area contributed by atoms with Crippen LogP contribution in [0.4, 0.5) is 0 Å². The van der Waals surface area contributed by atoms with Crippen molar-refractivity contribution in [1.29, 1.82) is 0 Å². The smallest absolute Gasteiger partial charge is 0.323 e. The van der Waals surface area contributed by atoms with E-state index in [0.717, 1.165) is 0 Å². The van der Waals surface area contributed by atoms with Crippen LogP contribution in [0.25, 0.3) is 0 Å². The lowest BCUT2D eigenvalue weighted by Crippen LogP contribution is -2.41. The molecule has 0 radical (unpaired) electrons. The monoisotopic (exact) mass is 201 g/mol. The van der Waals surface area contributed by atoms with Gasteiger partial charge in [0.1, 0.15) is 6.54 Å². The zero-order chi connectivity index (χ0) is 11.3. The highest BCUT2D eigenvalue weighted by molar-refractivity contribution is 5.81. The van der Waals surface area contributed by atoms with Crippen molar-refractivity contribution in [3.8, 4) is 0 Å². The summed E-state index contributed by atoms with van der Waals surface area (Å²) < 4.78 is 0. The minimum absolute atomic E-state index is 0.0580. The fraction of sp³-hybridized carbons (Fsp3) is 0.800. The van der Waals surface area contributed by atoms with Crippen molar-refractivity contribution >= 4 is 11.9 Å². The molecule has 0 aromatic rings. The van der Waals surface area contributed by atoms with E-state index in [9.17, 15) is 9.59 Å². The highest BCUT2D eigenvalue weighted by Crippen LogP contribution is 2.07. The van der Waals surface area contributed by atoms with Gasteiger partial charge in [-0.3, -0.25) is 9.59 Å². The van der Waals surface area contributed by atoms with Gasteiger partial charge in [0, 0.05) is 12.5 Å². The summed E-state index contributed by atoms with van der Waals surface area (Å²) in [5.74, 6) is -0.786. The molecule has 0 spiro atoms. The Balaban J connectivity index is 4.33. The molecule has 0 aliphatic rings. The number of carboxylic acid groups (broad SMARTS) is 1. The fourth-order valence-electron chi connectivity index (χ4n) is 1.17. The van der Waals surface area contributed by atoms with E-state index < -0.39 is 5.97 Å². The van der Waals surface area contributed by atoms with Crippen molar-refractivity contribution in [3.63, 3.8) is 0 Å². The average molecular weight is 201 g/mol. The molecule has 0 saturated heterocycles. The number of amides is 1. The zero-order valence-corrected chi connectivity index (χ0v) is 9.28. The molecule has 82 valence electrons. The van der Waals surface area contributed by atoms with E-state index >= 15 is 0 Å². The second-order valence-corrected chi connectivity index (χ2v) is 4.11. The summed E-state index contributed by atoms with van der Waals surface area (Å²) in [5.41, 5.74) is 0. The van der Waals surface area contributed by atoms with E-state index in [1.54, 1.807) is 0 Å². The molecule has 0 aromatic carbocycles. The summed E-state index contributed by atoms with van der Waals surface area (Å²) in [7, 11) is 0. The summed E-state index contributed by atoms with van der Waals surface area (Å²) in [6.45, 7) is 7.32. The van der Waals surface area contributed by atoms with Crippen molar-refractivity contribution in [2.24, 2.45) is 5.92 Å². The van der Waals surface area contributed by atoms with Crippen molar-refractivity contribution < 1.29 is 14.7 Å². The van der Waals surface area contributed by atoms with Crippen LogP contribution in [0.2, 0.25) is 0 Å². The largest absolute Gasteiger partial charge is 0.480 e. The Hall–Kier alpha value is -1.06. The molecule has 4 nitrogen and oxygen atoms in total. The van der Waals surface area contributed by atoms with Gasteiger partial charge in [-0.2, -0.15) is 0 Å². The second kappa shape index (κ2) is 5.62. The minimum atomic E-state index is -0.962. The maximum Gasteiger partial charge on any atom is 0.323 e. The maximum atomic E-state index is 11.6. The van der Waals surface area contributed by atoms with Crippen molar-refractivity contribution in [1.82, 2.24) is 4.90 Å². The van der Waals surface area contributed by atoms with Gasteiger partial charge in [-0.05, 0) is 19.8 Å². The van der Waals surface area contributed by atoms with Crippen LogP contribution >= 0.6 is 0 Å². The topological polar surface area (TPSA) is 57.6 Å². The fourth-order valence-corrected chi connectivity index (χ4v) is 1.17. The van der Waals surface area contributed by atoms with Crippen molar-refractivity contribution in [2.75, 3.05) is 6.54 Å². The first-order valence-electron chi connectivity index (χ1n) is 4.85. The van der Waals surface area contributed by atoms with Crippen LogP contribution in [0.1, 0.15) is 34.1 Å². The molecule has 1 N–H and O–H groups in total. The first-order chi connectivity index (χ1) is 6.34. The number of carboxylic acids is 1. The quantitative estimate of drug-likeness (QED) is 0.730. The highest BCUT2D eigenvalue weighted by atomic mass is 16.4. The first-order valence-corrected chi connectivity index (χ1v) is 4.85. The van der Waals surface area contributed by atoms with Crippen LogP contribution in [0.3, 0.4) is 0 Å². The molecular weight excluding hydrogens is 182 g/mol. The summed E-state index contributed by atoms with van der Waals surface area (Å²) in [6.07, 6.45) is 0.408. The van der Waals surface area contributed by atoms with Crippen LogP contribution in [0.15, 0.2) is 0 Å². The van der Waals surface area contributed by atoms with E-state index in [2.05, 4.69) is 0 Å². The number of hydrogen-bond donors (Lipinski definition) is 1. The predicted octanol–water partition coefficient (Wildman–Crippen LogP) is 1.35. The van der Waals surface area contributed by atoms with Gasteiger partial charge in [0.15, 0.2) is 0 Å². The van der Waals surface area contributed by atoms with Gasteiger partial charge in [0.05, 0.1) is 0 Å². The molecule has 0 unspecified atom stereocenters. The number of carbonyl (C=O) groups is 2. The van der Waals surface area contributed by atoms with Gasteiger partial charge in [-0.25, -0.2) is 0 Å². The van der Waals surface area contributed by atoms with E-state index in [-0.39, 0.29) is 24.4 Å². The predicted molar refractivity (Wildman–Crippen MR) is 53.9 cm³/mol. The Labute approximate surface area is 84.9 Å². The van der Waals surface area contributed by atoms with Crippen LogP contribution in [-0.2, 0) is 9.59 Å². The van der Waals surface area contributed by atoms with E-state index in [0.29, 0.717) is 6.42 Å². The molecule has 14 heavy (non-hydrogen) atoms. The standard InChI is InChI=1S/C10H19NO3/c1-7(2)5-9(12)11(8(3)4)6-10(13)14/h7-8H,5-6H2,1-4H3,(H,13,14). The van der Waals surface area contributed by atoms with Crippen LogP contribution < -0.4 is 0 Å². The van der Waals surface area contributed by atoms with E-state index in [4.69, 9.17) is 5.11 Å². The maximum absolute atomic E-state index is 11.6. The average Bonchev–Trinajstić information content (AvgIpc) is 1.97. The molecule has 0 fully saturated rings. The molecule has 0 heterocycles. The lowest BCUT2D eigenvalue weighted by Gasteiger charge is -2.25. The van der Waals surface area contributed by atoms with Crippen LogP contribution in [0, 0.1) is 5.92 Å². The second-order valence-electron chi connectivity index (χ2n) is 4.11. The van der Waals surface area contributed by atoms with Crippen molar-refractivity contribution in [3.05, 3.63) is 0 Å². The Bertz CT molecular complexity index is 211. The summed E-state index contributed by atoms with van der Waals surface area (Å²) >= 11 is 0. The molecule has 0 aromatic heterocycles. The van der Waals surface area contributed by atoms with Gasteiger partial charge < -0.3 is 10.0 Å². The van der Waals surface area contributed by atoms with Gasteiger partial charge in [-0.15, -0.1) is 0 Å². The Morgan fingerprint density at radius 2 is 1.71 bits per heavy atom. The molecule has 0 saturated carbocycles. The SMILES string of the molecule is CC(C)CC(=O)N(CC(=O)O)C(C)C. The van der Waals surface area contributed by atoms with Crippen LogP contribution in [0.5, 0.6) is 0 Å². The molecule has 0 aliphatic heterocycles. The molecule has 1 amide bonds. The third-order valence-electron chi connectivity index (χ3n) is 1.83. The Morgan fingerprint density at radius 1 is 1.21 bits per heavy atom. The van der Waals surface area contributed by atoms with E-state index in [1.165, 1.54) is 4.90 Å². The lowest BCUT2D eigenvalue weighted by molar-refractivity contribution is -0.146. The molecule has 0 atom stereocenters. The lowest BCUT2D eigenvalue weighted by atomic mass is 10.1. The highest BCUT2D eigenvalue weighted by Gasteiger charge is 2.19. The van der Waals surface area contributed by atoms with Gasteiger partial charge >= 0.3 is 5.97 Å². The summed E-state index contributed by atoms with van der Waals surface area (Å²) in [4.78, 5) is 23.5. The summed E-state index contributed by atoms with van der Waals surface area (Å²) in [5, 5.41) is 8.62. The number of hydrogen-bond acceptors (Lipinski definition) is 2. The molecule has 0 rings (SSSR count).